The minimum Gasteiger partial charge on any atom is -0.456 e. The molecule has 234 valence electrons. The summed E-state index contributed by atoms with van der Waals surface area (Å²) in [5.41, 5.74) is 10.5. The molecule has 0 radical (unpaired) electrons. The summed E-state index contributed by atoms with van der Waals surface area (Å²) in [4.78, 5) is 15.0. The average molecular weight is 642 g/mol. The van der Waals surface area contributed by atoms with Crippen LogP contribution < -0.4 is 0 Å². The average Bonchev–Trinajstić information content (AvgIpc) is 3.76. The van der Waals surface area contributed by atoms with Crippen LogP contribution >= 0.6 is 0 Å². The molecule has 0 N–H and O–H groups in total. The molecule has 0 fully saturated rings. The number of benzene rings is 7. The lowest BCUT2D eigenvalue weighted by Crippen LogP contribution is -2.00. The van der Waals surface area contributed by atoms with E-state index in [-0.39, 0.29) is 0 Å². The summed E-state index contributed by atoms with van der Waals surface area (Å²) in [5, 5.41) is 4.13. The van der Waals surface area contributed by atoms with Crippen molar-refractivity contribution in [2.24, 2.45) is 0 Å². The molecule has 0 amide bonds. The first kappa shape index (κ1) is 28.2. The zero-order valence-corrected chi connectivity index (χ0v) is 26.7. The Morgan fingerprint density at radius 3 is 1.50 bits per heavy atom. The summed E-state index contributed by atoms with van der Waals surface area (Å²) in [6.45, 7) is 0. The van der Waals surface area contributed by atoms with Gasteiger partial charge in [0.05, 0.1) is 0 Å². The summed E-state index contributed by atoms with van der Waals surface area (Å²) < 4.78 is 12.9. The molecule has 0 aliphatic carbocycles. The molecular weight excluding hydrogens is 615 g/mol. The fourth-order valence-corrected chi connectivity index (χ4v) is 6.99. The lowest BCUT2D eigenvalue weighted by atomic mass is 9.96. The molecular formula is C45H27N3O2. The Hall–Kier alpha value is -6.85. The van der Waals surface area contributed by atoms with Crippen LogP contribution in [0.2, 0.25) is 0 Å². The highest BCUT2D eigenvalue weighted by Crippen LogP contribution is 2.42. The highest BCUT2D eigenvalue weighted by molar-refractivity contribution is 6.16. The fraction of sp³-hybridized carbons (Fsp3) is 0. The van der Waals surface area contributed by atoms with Gasteiger partial charge in [-0.2, -0.15) is 0 Å². The molecule has 0 saturated carbocycles. The van der Waals surface area contributed by atoms with Crippen LogP contribution in [0.3, 0.4) is 0 Å². The zero-order valence-electron chi connectivity index (χ0n) is 26.7. The van der Waals surface area contributed by atoms with Gasteiger partial charge in [0.15, 0.2) is 17.5 Å². The van der Waals surface area contributed by atoms with E-state index in [0.29, 0.717) is 17.5 Å². The van der Waals surface area contributed by atoms with E-state index >= 15 is 0 Å². The van der Waals surface area contributed by atoms with Crippen molar-refractivity contribution in [2.45, 2.75) is 0 Å². The first-order valence-corrected chi connectivity index (χ1v) is 16.6. The first-order chi connectivity index (χ1) is 24.8. The minimum atomic E-state index is 0.591. The summed E-state index contributed by atoms with van der Waals surface area (Å²) in [7, 11) is 0. The van der Waals surface area contributed by atoms with Crippen LogP contribution in [0.15, 0.2) is 173 Å². The lowest BCUT2D eigenvalue weighted by Gasteiger charge is -2.09. The Labute approximate surface area is 287 Å². The first-order valence-electron chi connectivity index (χ1n) is 16.6. The van der Waals surface area contributed by atoms with Crippen LogP contribution in [0, 0.1) is 0 Å². The highest BCUT2D eigenvalue weighted by atomic mass is 16.3. The maximum absolute atomic E-state index is 6.45. The molecule has 7 aromatic carbocycles. The molecule has 0 aliphatic heterocycles. The maximum atomic E-state index is 6.45. The van der Waals surface area contributed by atoms with Gasteiger partial charge < -0.3 is 8.83 Å². The van der Waals surface area contributed by atoms with Crippen molar-refractivity contribution < 1.29 is 8.83 Å². The van der Waals surface area contributed by atoms with Gasteiger partial charge in [-0.05, 0) is 58.7 Å². The van der Waals surface area contributed by atoms with Gasteiger partial charge in [0, 0.05) is 38.2 Å². The Bertz CT molecular complexity index is 2800. The van der Waals surface area contributed by atoms with Crippen molar-refractivity contribution in [2.75, 3.05) is 0 Å². The van der Waals surface area contributed by atoms with Crippen LogP contribution in [0.1, 0.15) is 0 Å². The van der Waals surface area contributed by atoms with Gasteiger partial charge >= 0.3 is 0 Å². The summed E-state index contributed by atoms with van der Waals surface area (Å²) >= 11 is 0. The van der Waals surface area contributed by atoms with Crippen molar-refractivity contribution in [3.63, 3.8) is 0 Å². The maximum Gasteiger partial charge on any atom is 0.164 e. The number of hydrogen-bond donors (Lipinski definition) is 0. The molecule has 0 unspecified atom stereocenters. The Kier molecular flexibility index (Phi) is 6.42. The second-order valence-electron chi connectivity index (χ2n) is 12.4. The third-order valence-corrected chi connectivity index (χ3v) is 9.35. The van der Waals surface area contributed by atoms with Crippen LogP contribution in [0.4, 0.5) is 0 Å². The molecule has 3 aromatic heterocycles. The molecule has 10 rings (SSSR count). The van der Waals surface area contributed by atoms with Crippen LogP contribution in [0.25, 0.3) is 100 Å². The van der Waals surface area contributed by atoms with E-state index in [0.717, 1.165) is 82.8 Å². The molecule has 3 heterocycles. The number of nitrogens with zero attached hydrogens (tertiary/aromatic N) is 3. The summed E-state index contributed by atoms with van der Waals surface area (Å²) in [6.07, 6.45) is 0. The Morgan fingerprint density at radius 1 is 0.300 bits per heavy atom. The molecule has 5 heteroatoms. The molecule has 50 heavy (non-hydrogen) atoms. The van der Waals surface area contributed by atoms with Crippen LogP contribution in [0.5, 0.6) is 0 Å². The topological polar surface area (TPSA) is 65.0 Å². The molecule has 0 atom stereocenters. The van der Waals surface area contributed by atoms with E-state index in [4.69, 9.17) is 23.8 Å². The molecule has 0 spiro atoms. The number of rotatable bonds is 5. The quantitative estimate of drug-likeness (QED) is 0.187. The molecule has 0 bridgehead atoms. The second-order valence-corrected chi connectivity index (χ2v) is 12.4. The van der Waals surface area contributed by atoms with Gasteiger partial charge in [-0.15, -0.1) is 0 Å². The van der Waals surface area contributed by atoms with Crippen molar-refractivity contribution in [1.29, 1.82) is 0 Å². The van der Waals surface area contributed by atoms with Gasteiger partial charge in [0.2, 0.25) is 0 Å². The number of hydrogen-bond acceptors (Lipinski definition) is 5. The van der Waals surface area contributed by atoms with Crippen molar-refractivity contribution >= 4 is 43.9 Å². The summed E-state index contributed by atoms with van der Waals surface area (Å²) in [5.74, 6) is 1.83. The standard InChI is InChI=1S/C45H27N3O2/c1-4-12-28(13-5-1)31-22-24-34-40(27-31)50-38-20-10-18-33(41(34)38)32-23-25-37-36(26-32)42-35(19-11-21-39(42)49-37)45-47-43(29-14-6-2-7-15-29)46-44(48-45)30-16-8-3-9-17-30/h1-27H. The summed E-state index contributed by atoms with van der Waals surface area (Å²) in [6, 6.07) is 55.7. The van der Waals surface area contributed by atoms with Crippen molar-refractivity contribution in [3.05, 3.63) is 164 Å². The highest BCUT2D eigenvalue weighted by Gasteiger charge is 2.19. The molecule has 0 aliphatic rings. The number of fused-ring (bicyclic) bond motifs is 6. The smallest absolute Gasteiger partial charge is 0.164 e. The molecule has 10 aromatic rings. The number of furan rings is 2. The lowest BCUT2D eigenvalue weighted by molar-refractivity contribution is 0.669. The SMILES string of the molecule is c1ccc(-c2ccc3c(c2)oc2cccc(-c4ccc5oc6cccc(-c7nc(-c8ccccc8)nc(-c8ccccc8)n7)c6c5c4)c23)cc1. The van der Waals surface area contributed by atoms with Gasteiger partial charge in [0.1, 0.15) is 22.3 Å². The van der Waals surface area contributed by atoms with Crippen molar-refractivity contribution in [1.82, 2.24) is 15.0 Å². The van der Waals surface area contributed by atoms with Gasteiger partial charge in [-0.1, -0.05) is 127 Å². The van der Waals surface area contributed by atoms with Gasteiger partial charge in [0.25, 0.3) is 0 Å². The number of aromatic nitrogens is 3. The van der Waals surface area contributed by atoms with Crippen LogP contribution in [-0.4, -0.2) is 15.0 Å². The minimum absolute atomic E-state index is 0.591. The molecule has 5 nitrogen and oxygen atoms in total. The normalized spacial score (nSPS) is 11.6. The largest absolute Gasteiger partial charge is 0.456 e. The Balaban J connectivity index is 1.16. The third-order valence-electron chi connectivity index (χ3n) is 9.35. The van der Waals surface area contributed by atoms with E-state index in [1.165, 1.54) is 0 Å². The van der Waals surface area contributed by atoms with E-state index in [1.807, 2.05) is 84.9 Å². The predicted molar refractivity (Wildman–Crippen MR) is 202 cm³/mol. The van der Waals surface area contributed by atoms with E-state index in [1.54, 1.807) is 0 Å². The molecule has 0 saturated heterocycles. The second kappa shape index (κ2) is 11.4. The van der Waals surface area contributed by atoms with E-state index in [9.17, 15) is 0 Å². The van der Waals surface area contributed by atoms with E-state index in [2.05, 4.69) is 78.9 Å². The zero-order chi connectivity index (χ0) is 33.0. The Morgan fingerprint density at radius 2 is 0.840 bits per heavy atom. The van der Waals surface area contributed by atoms with E-state index < -0.39 is 0 Å². The predicted octanol–water partition coefficient (Wildman–Crippen LogP) is 12.0. The fourth-order valence-electron chi connectivity index (χ4n) is 6.99. The third kappa shape index (κ3) is 4.67. The monoisotopic (exact) mass is 641 g/mol. The van der Waals surface area contributed by atoms with Gasteiger partial charge in [-0.3, -0.25) is 0 Å². The van der Waals surface area contributed by atoms with Crippen LogP contribution in [-0.2, 0) is 0 Å². The van der Waals surface area contributed by atoms with Crippen molar-refractivity contribution in [3.8, 4) is 56.4 Å². The van der Waals surface area contributed by atoms with Gasteiger partial charge in [-0.25, -0.2) is 15.0 Å².